The molecule has 0 aliphatic rings. The van der Waals surface area contributed by atoms with Crippen LogP contribution in [0.15, 0.2) is 47.5 Å². The summed E-state index contributed by atoms with van der Waals surface area (Å²) in [6, 6.07) is 12.0. The van der Waals surface area contributed by atoms with E-state index < -0.39 is 0 Å². The fourth-order valence-electron chi connectivity index (χ4n) is 2.53. The van der Waals surface area contributed by atoms with Gasteiger partial charge < -0.3 is 20.5 Å². The molecule has 0 spiro atoms. The molecule has 0 aromatic heterocycles. The van der Waals surface area contributed by atoms with Crippen LogP contribution in [0.2, 0.25) is 0 Å². The number of hydrogen-bond acceptors (Lipinski definition) is 3. The van der Waals surface area contributed by atoms with E-state index >= 15 is 0 Å². The number of guanidine groups is 1. The number of nitrogens with zero attached hydrogens (tertiary/aromatic N) is 1. The molecule has 5 nitrogen and oxygen atoms in total. The summed E-state index contributed by atoms with van der Waals surface area (Å²) in [7, 11) is 1.57. The normalized spacial score (nSPS) is 10.9. The van der Waals surface area contributed by atoms with Gasteiger partial charge in [-0.2, -0.15) is 0 Å². The average Bonchev–Trinajstić information content (AvgIpc) is 2.64. The minimum Gasteiger partial charge on any atom is -0.508 e. The quantitative estimate of drug-likeness (QED) is 0.303. The van der Waals surface area contributed by atoms with Gasteiger partial charge in [0.05, 0.1) is 7.11 Å². The molecular weight excluding hydrogens is 460 g/mol. The number of aliphatic imine (C=N–C) groups is 1. The molecule has 0 unspecified atom stereocenters. The van der Waals surface area contributed by atoms with E-state index in [4.69, 9.17) is 4.74 Å². The monoisotopic (exact) mass is 487 g/mol. The second-order valence-corrected chi connectivity index (χ2v) is 5.77. The summed E-state index contributed by atoms with van der Waals surface area (Å²) in [6.45, 7) is 3.83. The van der Waals surface area contributed by atoms with Crippen LogP contribution in [0.3, 0.4) is 0 Å². The van der Waals surface area contributed by atoms with E-state index in [1.165, 1.54) is 6.07 Å². The molecule has 0 atom stereocenters. The summed E-state index contributed by atoms with van der Waals surface area (Å²) < 4.78 is 18.7. The number of phenolic OH excluding ortho intramolecular Hbond substituents is 1. The number of ether oxygens (including phenoxy) is 1. The smallest absolute Gasteiger partial charge is 0.191 e. The number of benzene rings is 2. The van der Waals surface area contributed by atoms with E-state index in [1.54, 1.807) is 25.3 Å². The first-order chi connectivity index (χ1) is 12.6. The third-order valence-electron chi connectivity index (χ3n) is 3.93. The Morgan fingerprint density at radius 2 is 1.89 bits per heavy atom. The molecule has 0 heterocycles. The number of hydrogen-bond donors (Lipinski definition) is 3. The number of halogens is 2. The first-order valence-electron chi connectivity index (χ1n) is 8.75. The van der Waals surface area contributed by atoms with Crippen molar-refractivity contribution in [3.8, 4) is 11.5 Å². The van der Waals surface area contributed by atoms with Crippen LogP contribution in [0.25, 0.3) is 0 Å². The predicted molar refractivity (Wildman–Crippen MR) is 118 cm³/mol. The molecule has 3 N–H and O–H groups in total. The van der Waals surface area contributed by atoms with Gasteiger partial charge in [0.25, 0.3) is 0 Å². The minimum atomic E-state index is -0.198. The molecule has 2 aromatic rings. The largest absolute Gasteiger partial charge is 0.508 e. The highest BCUT2D eigenvalue weighted by atomic mass is 127. The molecule has 0 saturated heterocycles. The molecule has 0 bridgehead atoms. The van der Waals surface area contributed by atoms with Crippen LogP contribution in [0.4, 0.5) is 4.39 Å². The maximum Gasteiger partial charge on any atom is 0.191 e. The Kier molecular flexibility index (Phi) is 10.5. The number of phenols is 1. The first kappa shape index (κ1) is 23.0. The summed E-state index contributed by atoms with van der Waals surface area (Å²) in [5, 5.41) is 16.4. The molecule has 0 radical (unpaired) electrons. The molecule has 0 aliphatic heterocycles. The van der Waals surface area contributed by atoms with Gasteiger partial charge in [0.2, 0.25) is 0 Å². The van der Waals surface area contributed by atoms with Gasteiger partial charge in [-0.05, 0) is 43.0 Å². The van der Waals surface area contributed by atoms with Crippen molar-refractivity contribution in [2.45, 2.75) is 19.8 Å². The lowest BCUT2D eigenvalue weighted by molar-refractivity contribution is 0.406. The molecule has 0 amide bonds. The van der Waals surface area contributed by atoms with E-state index in [1.807, 2.05) is 25.1 Å². The van der Waals surface area contributed by atoms with Crippen LogP contribution in [0, 0.1) is 5.82 Å². The van der Waals surface area contributed by atoms with E-state index in [2.05, 4.69) is 15.6 Å². The molecule has 148 valence electrons. The van der Waals surface area contributed by atoms with Crippen molar-refractivity contribution in [3.63, 3.8) is 0 Å². The standard InChI is InChI=1S/C20H26FN3O2.HI/c1-3-22-20(23-12-10-15-6-4-5-7-18(15)21)24-13-11-16-8-9-17(26-2)14-19(16)25;/h4-9,14,25H,3,10-13H2,1-2H3,(H2,22,23,24);1H. The Balaban J connectivity index is 0.00000364. The SMILES string of the molecule is CCNC(=NCCc1ccccc1F)NCCc1ccc(OC)cc1O.I. The number of methoxy groups -OCH3 is 1. The van der Waals surface area contributed by atoms with Crippen LogP contribution in [0.1, 0.15) is 18.1 Å². The van der Waals surface area contributed by atoms with Gasteiger partial charge in [0, 0.05) is 25.7 Å². The first-order valence-corrected chi connectivity index (χ1v) is 8.75. The lowest BCUT2D eigenvalue weighted by atomic mass is 10.1. The van der Waals surface area contributed by atoms with Gasteiger partial charge in [-0.3, -0.25) is 4.99 Å². The lowest BCUT2D eigenvalue weighted by Gasteiger charge is -2.12. The van der Waals surface area contributed by atoms with Gasteiger partial charge in [-0.15, -0.1) is 24.0 Å². The highest BCUT2D eigenvalue weighted by molar-refractivity contribution is 14.0. The van der Waals surface area contributed by atoms with E-state index in [0.29, 0.717) is 43.2 Å². The predicted octanol–water partition coefficient (Wildman–Crippen LogP) is 3.50. The summed E-state index contributed by atoms with van der Waals surface area (Å²) in [4.78, 5) is 4.48. The zero-order valence-corrected chi connectivity index (χ0v) is 18.0. The van der Waals surface area contributed by atoms with Gasteiger partial charge in [-0.25, -0.2) is 4.39 Å². The van der Waals surface area contributed by atoms with Crippen molar-refractivity contribution in [1.29, 1.82) is 0 Å². The molecule has 27 heavy (non-hydrogen) atoms. The number of rotatable bonds is 8. The Morgan fingerprint density at radius 1 is 1.11 bits per heavy atom. The zero-order valence-electron chi connectivity index (χ0n) is 15.7. The Bertz CT molecular complexity index is 741. The molecule has 0 aliphatic carbocycles. The minimum absolute atomic E-state index is 0. The van der Waals surface area contributed by atoms with Crippen molar-refractivity contribution >= 4 is 29.9 Å². The Morgan fingerprint density at radius 3 is 2.56 bits per heavy atom. The second-order valence-electron chi connectivity index (χ2n) is 5.77. The van der Waals surface area contributed by atoms with Gasteiger partial charge >= 0.3 is 0 Å². The van der Waals surface area contributed by atoms with Crippen LogP contribution < -0.4 is 15.4 Å². The van der Waals surface area contributed by atoms with Crippen LogP contribution in [-0.4, -0.2) is 37.8 Å². The lowest BCUT2D eigenvalue weighted by Crippen LogP contribution is -2.38. The fourth-order valence-corrected chi connectivity index (χ4v) is 2.53. The molecule has 0 fully saturated rings. The van der Waals surface area contributed by atoms with Crippen LogP contribution in [0.5, 0.6) is 11.5 Å². The third-order valence-corrected chi connectivity index (χ3v) is 3.93. The summed E-state index contributed by atoms with van der Waals surface area (Å²) >= 11 is 0. The van der Waals surface area contributed by atoms with E-state index in [9.17, 15) is 9.50 Å². The van der Waals surface area contributed by atoms with Crippen molar-refractivity contribution in [2.75, 3.05) is 26.7 Å². The highest BCUT2D eigenvalue weighted by Crippen LogP contribution is 2.23. The van der Waals surface area contributed by atoms with Crippen molar-refractivity contribution < 1.29 is 14.2 Å². The van der Waals surface area contributed by atoms with Crippen LogP contribution >= 0.6 is 24.0 Å². The van der Waals surface area contributed by atoms with Crippen LogP contribution in [-0.2, 0) is 12.8 Å². The van der Waals surface area contributed by atoms with Crippen molar-refractivity contribution in [2.24, 2.45) is 4.99 Å². The molecule has 7 heteroatoms. The van der Waals surface area contributed by atoms with Gasteiger partial charge in [-0.1, -0.05) is 24.3 Å². The second kappa shape index (κ2) is 12.4. The maximum absolute atomic E-state index is 13.6. The molecule has 0 saturated carbocycles. The summed E-state index contributed by atoms with van der Waals surface area (Å²) in [5.74, 6) is 1.32. The molecular formula is C20H27FIN3O2. The Labute approximate surface area is 177 Å². The number of aromatic hydroxyl groups is 1. The molecule has 2 aromatic carbocycles. The summed E-state index contributed by atoms with van der Waals surface area (Å²) in [6.07, 6.45) is 1.19. The average molecular weight is 487 g/mol. The molecule has 2 rings (SSSR count). The van der Waals surface area contributed by atoms with Gasteiger partial charge in [0.15, 0.2) is 5.96 Å². The Hall–Kier alpha value is -2.03. The van der Waals surface area contributed by atoms with E-state index in [-0.39, 0.29) is 35.5 Å². The highest BCUT2D eigenvalue weighted by Gasteiger charge is 2.04. The number of nitrogens with one attached hydrogen (secondary N) is 2. The summed E-state index contributed by atoms with van der Waals surface area (Å²) in [5.41, 5.74) is 1.50. The van der Waals surface area contributed by atoms with Gasteiger partial charge in [0.1, 0.15) is 17.3 Å². The zero-order chi connectivity index (χ0) is 18.8. The maximum atomic E-state index is 13.6. The topological polar surface area (TPSA) is 65.9 Å². The third kappa shape index (κ3) is 7.62. The van der Waals surface area contributed by atoms with Crippen molar-refractivity contribution in [1.82, 2.24) is 10.6 Å². The van der Waals surface area contributed by atoms with Crippen molar-refractivity contribution in [3.05, 3.63) is 59.4 Å². The fraction of sp³-hybridized carbons (Fsp3) is 0.350. The van der Waals surface area contributed by atoms with E-state index in [0.717, 1.165) is 12.1 Å².